The zero-order valence-electron chi connectivity index (χ0n) is 16.6. The highest BCUT2D eigenvalue weighted by atomic mass is 19.1. The minimum atomic E-state index is -1.10. The van der Waals surface area contributed by atoms with Crippen molar-refractivity contribution >= 4 is 22.5 Å². The van der Waals surface area contributed by atoms with E-state index in [1.165, 1.54) is 6.07 Å². The van der Waals surface area contributed by atoms with E-state index in [-0.39, 0.29) is 11.7 Å². The van der Waals surface area contributed by atoms with E-state index in [0.29, 0.717) is 44.5 Å². The van der Waals surface area contributed by atoms with Crippen LogP contribution in [0.25, 0.3) is 27.9 Å². The van der Waals surface area contributed by atoms with Crippen LogP contribution in [-0.4, -0.2) is 62.8 Å². The van der Waals surface area contributed by atoms with Gasteiger partial charge in [-0.25, -0.2) is 4.39 Å². The Morgan fingerprint density at radius 1 is 1.07 bits per heavy atom. The van der Waals surface area contributed by atoms with Crippen LogP contribution in [0.2, 0.25) is 0 Å². The molecule has 3 aromatic rings. The van der Waals surface area contributed by atoms with Crippen LogP contribution in [0.4, 0.5) is 4.39 Å². The first-order valence-electron chi connectivity index (χ1n) is 10.2. The SMILES string of the molecule is C=C(c1ccc(-c2[nH]nc3c(F)cccc23)cc1)N1CCN(C(=O)C2(O)CC2)CC1. The minimum Gasteiger partial charge on any atom is -0.380 e. The van der Waals surface area contributed by atoms with E-state index in [4.69, 9.17) is 0 Å². The topological polar surface area (TPSA) is 72.5 Å². The van der Waals surface area contributed by atoms with Crippen molar-refractivity contribution in [3.05, 3.63) is 60.4 Å². The molecule has 0 unspecified atom stereocenters. The van der Waals surface area contributed by atoms with Gasteiger partial charge in [0.05, 0.1) is 5.69 Å². The number of fused-ring (bicyclic) bond motifs is 1. The van der Waals surface area contributed by atoms with Gasteiger partial charge in [0.15, 0.2) is 5.82 Å². The Labute approximate surface area is 173 Å². The first kappa shape index (κ1) is 18.8. The number of rotatable bonds is 4. The lowest BCUT2D eigenvalue weighted by atomic mass is 10.0. The largest absolute Gasteiger partial charge is 0.380 e. The monoisotopic (exact) mass is 406 g/mol. The number of aliphatic hydroxyl groups is 1. The predicted octanol–water partition coefficient (Wildman–Crippen LogP) is 3.01. The summed E-state index contributed by atoms with van der Waals surface area (Å²) in [6, 6.07) is 12.9. The number of aromatic amines is 1. The van der Waals surface area contributed by atoms with Crippen molar-refractivity contribution in [3.63, 3.8) is 0 Å². The van der Waals surface area contributed by atoms with Gasteiger partial charge >= 0.3 is 0 Å². The van der Waals surface area contributed by atoms with Gasteiger partial charge in [0.25, 0.3) is 5.91 Å². The van der Waals surface area contributed by atoms with Gasteiger partial charge in [-0.3, -0.25) is 9.89 Å². The summed E-state index contributed by atoms with van der Waals surface area (Å²) in [7, 11) is 0. The third kappa shape index (κ3) is 3.15. The van der Waals surface area contributed by atoms with Crippen molar-refractivity contribution in [2.45, 2.75) is 18.4 Å². The van der Waals surface area contributed by atoms with Crippen molar-refractivity contribution in [3.8, 4) is 11.3 Å². The Balaban J connectivity index is 1.28. The lowest BCUT2D eigenvalue weighted by Gasteiger charge is -2.38. The normalized spacial score (nSPS) is 17.9. The van der Waals surface area contributed by atoms with Crippen LogP contribution in [0.5, 0.6) is 0 Å². The number of amides is 1. The number of carbonyl (C=O) groups is 1. The number of nitrogens with zero attached hydrogens (tertiary/aromatic N) is 3. The van der Waals surface area contributed by atoms with Gasteiger partial charge < -0.3 is 14.9 Å². The molecule has 1 aliphatic heterocycles. The minimum absolute atomic E-state index is 0.139. The van der Waals surface area contributed by atoms with Crippen LogP contribution in [0.1, 0.15) is 18.4 Å². The summed E-state index contributed by atoms with van der Waals surface area (Å²) < 4.78 is 13.9. The molecule has 5 rings (SSSR count). The maximum absolute atomic E-state index is 13.9. The molecule has 0 atom stereocenters. The van der Waals surface area contributed by atoms with Gasteiger partial charge in [0, 0.05) is 42.8 Å². The van der Waals surface area contributed by atoms with Crippen LogP contribution >= 0.6 is 0 Å². The molecule has 1 aliphatic carbocycles. The number of hydrogen-bond acceptors (Lipinski definition) is 4. The Morgan fingerprint density at radius 3 is 2.40 bits per heavy atom. The molecule has 30 heavy (non-hydrogen) atoms. The van der Waals surface area contributed by atoms with E-state index in [1.807, 2.05) is 30.3 Å². The zero-order valence-corrected chi connectivity index (χ0v) is 16.6. The smallest absolute Gasteiger partial charge is 0.254 e. The molecule has 0 spiro atoms. The first-order chi connectivity index (χ1) is 14.5. The Kier molecular flexibility index (Phi) is 4.36. The molecule has 2 aromatic carbocycles. The molecule has 2 fully saturated rings. The van der Waals surface area contributed by atoms with Crippen molar-refractivity contribution in [1.82, 2.24) is 20.0 Å². The van der Waals surface area contributed by atoms with Crippen LogP contribution < -0.4 is 0 Å². The number of aromatic nitrogens is 2. The highest BCUT2D eigenvalue weighted by Gasteiger charge is 2.50. The van der Waals surface area contributed by atoms with Crippen molar-refractivity contribution in [2.24, 2.45) is 0 Å². The second-order valence-electron chi connectivity index (χ2n) is 8.07. The maximum Gasteiger partial charge on any atom is 0.254 e. The van der Waals surface area contributed by atoms with Crippen molar-refractivity contribution in [1.29, 1.82) is 0 Å². The van der Waals surface area contributed by atoms with Gasteiger partial charge in [0.1, 0.15) is 11.1 Å². The summed E-state index contributed by atoms with van der Waals surface area (Å²) >= 11 is 0. The predicted molar refractivity (Wildman–Crippen MR) is 113 cm³/mol. The molecule has 0 bridgehead atoms. The number of H-pyrrole nitrogens is 1. The fourth-order valence-corrected chi connectivity index (χ4v) is 4.04. The molecule has 7 heteroatoms. The average Bonchev–Trinajstić information content (AvgIpc) is 3.38. The van der Waals surface area contributed by atoms with Crippen LogP contribution in [0.15, 0.2) is 49.0 Å². The molecular formula is C23H23FN4O2. The van der Waals surface area contributed by atoms with Crippen molar-refractivity contribution < 1.29 is 14.3 Å². The molecule has 154 valence electrons. The molecule has 1 amide bonds. The Bertz CT molecular complexity index is 1130. The lowest BCUT2D eigenvalue weighted by molar-refractivity contribution is -0.143. The Hall–Kier alpha value is -3.19. The van der Waals surface area contributed by atoms with Crippen molar-refractivity contribution in [2.75, 3.05) is 26.2 Å². The molecule has 1 saturated carbocycles. The number of hydrogen-bond donors (Lipinski definition) is 2. The van der Waals surface area contributed by atoms with Crippen LogP contribution in [-0.2, 0) is 4.79 Å². The average molecular weight is 406 g/mol. The van der Waals surface area contributed by atoms with Gasteiger partial charge in [0.2, 0.25) is 0 Å². The molecule has 1 aromatic heterocycles. The fourth-order valence-electron chi connectivity index (χ4n) is 4.04. The van der Waals surface area contributed by atoms with Crippen LogP contribution in [0.3, 0.4) is 0 Å². The molecule has 2 heterocycles. The summed E-state index contributed by atoms with van der Waals surface area (Å²) in [5.74, 6) is -0.480. The van der Waals surface area contributed by atoms with E-state index in [1.54, 1.807) is 11.0 Å². The molecule has 0 radical (unpaired) electrons. The van der Waals surface area contributed by atoms with Gasteiger partial charge in [-0.2, -0.15) is 5.10 Å². The van der Waals surface area contributed by atoms with Gasteiger partial charge in [-0.15, -0.1) is 0 Å². The lowest BCUT2D eigenvalue weighted by Crippen LogP contribution is -2.51. The highest BCUT2D eigenvalue weighted by molar-refractivity contribution is 5.93. The number of para-hydroxylation sites is 1. The number of benzene rings is 2. The first-order valence-corrected chi connectivity index (χ1v) is 10.2. The molecule has 2 aliphatic rings. The van der Waals surface area contributed by atoms with E-state index in [2.05, 4.69) is 21.7 Å². The summed E-state index contributed by atoms with van der Waals surface area (Å²) in [5.41, 5.74) is 2.84. The molecule has 6 nitrogen and oxygen atoms in total. The number of piperazine rings is 1. The van der Waals surface area contributed by atoms with Gasteiger partial charge in [-0.1, -0.05) is 43.0 Å². The third-order valence-corrected chi connectivity index (χ3v) is 6.11. The summed E-state index contributed by atoms with van der Waals surface area (Å²) in [5, 5.41) is 17.8. The summed E-state index contributed by atoms with van der Waals surface area (Å²) in [4.78, 5) is 16.2. The van der Waals surface area contributed by atoms with E-state index >= 15 is 0 Å². The molecular weight excluding hydrogens is 383 g/mol. The van der Waals surface area contributed by atoms with E-state index in [9.17, 15) is 14.3 Å². The number of halogens is 1. The highest BCUT2D eigenvalue weighted by Crippen LogP contribution is 2.37. The standard InChI is InChI=1S/C23H23FN4O2/c1-15(27-11-13-28(14-12-27)22(29)23(30)9-10-23)16-5-7-17(8-6-16)20-18-3-2-4-19(24)21(18)26-25-20/h2-8,30H,1,9-14H2,(H,25,26). The van der Waals surface area contributed by atoms with E-state index < -0.39 is 5.60 Å². The second-order valence-corrected chi connectivity index (χ2v) is 8.07. The van der Waals surface area contributed by atoms with Crippen LogP contribution in [0, 0.1) is 5.82 Å². The third-order valence-electron chi connectivity index (χ3n) is 6.11. The van der Waals surface area contributed by atoms with E-state index in [0.717, 1.165) is 27.9 Å². The summed E-state index contributed by atoms with van der Waals surface area (Å²) in [6.45, 7) is 6.79. The molecule has 1 saturated heterocycles. The summed E-state index contributed by atoms with van der Waals surface area (Å²) in [6.07, 6.45) is 1.15. The van der Waals surface area contributed by atoms with Gasteiger partial charge in [-0.05, 0) is 24.5 Å². The number of carbonyl (C=O) groups excluding carboxylic acids is 1. The fraction of sp³-hybridized carbons (Fsp3) is 0.304. The maximum atomic E-state index is 13.9. The second kappa shape index (κ2) is 6.95. The zero-order chi connectivity index (χ0) is 20.9. The molecule has 2 N–H and O–H groups in total. The number of nitrogens with one attached hydrogen (secondary N) is 1. The Morgan fingerprint density at radius 2 is 1.73 bits per heavy atom. The quantitative estimate of drug-likeness (QED) is 0.699.